The Bertz CT molecular complexity index is 987. The van der Waals surface area contributed by atoms with Gasteiger partial charge < -0.3 is 10.1 Å². The monoisotopic (exact) mass is 349 g/mol. The molecule has 132 valence electrons. The second-order valence-electron chi connectivity index (χ2n) is 6.35. The van der Waals surface area contributed by atoms with Crippen LogP contribution < -0.4 is 15.5 Å². The van der Waals surface area contributed by atoms with Gasteiger partial charge in [-0.3, -0.25) is 14.3 Å². The third kappa shape index (κ3) is 3.31. The van der Waals surface area contributed by atoms with E-state index in [1.807, 2.05) is 42.5 Å². The molecule has 0 fully saturated rings. The molecule has 0 saturated carbocycles. The van der Waals surface area contributed by atoms with Gasteiger partial charge in [-0.1, -0.05) is 30.3 Å². The maximum atomic E-state index is 12.2. The van der Waals surface area contributed by atoms with Gasteiger partial charge in [-0.25, -0.2) is 0 Å². The molecule has 6 nitrogen and oxygen atoms in total. The predicted molar refractivity (Wildman–Crippen MR) is 98.2 cm³/mol. The number of aromatic nitrogens is 2. The zero-order valence-corrected chi connectivity index (χ0v) is 14.2. The zero-order valence-electron chi connectivity index (χ0n) is 14.2. The number of benzene rings is 2. The molecule has 3 aromatic rings. The van der Waals surface area contributed by atoms with Crippen molar-refractivity contribution >= 4 is 16.8 Å². The third-order valence-corrected chi connectivity index (χ3v) is 4.55. The Morgan fingerprint density at radius 1 is 1.19 bits per heavy atom. The highest BCUT2D eigenvalue weighted by atomic mass is 16.5. The molecule has 1 N–H and O–H groups in total. The standard InChI is InChI=1S/C20H19N3O3/c24-18-13-22-23(17-7-3-2-6-16(17)18)10-9-20(25)21-12-15-11-14-5-1-4-8-19(14)26-15/h1-8,13,15H,9-12H2,(H,21,25). The van der Waals surface area contributed by atoms with Crippen LogP contribution in [0.25, 0.3) is 10.9 Å². The number of nitrogens with zero attached hydrogens (tertiary/aromatic N) is 2. The van der Waals surface area contributed by atoms with E-state index in [2.05, 4.69) is 10.4 Å². The first kappa shape index (κ1) is 16.3. The summed E-state index contributed by atoms with van der Waals surface area (Å²) in [6.07, 6.45) is 2.37. The molecule has 2 aromatic carbocycles. The fourth-order valence-electron chi connectivity index (χ4n) is 3.23. The molecule has 0 spiro atoms. The number of para-hydroxylation sites is 2. The van der Waals surface area contributed by atoms with E-state index < -0.39 is 0 Å². The minimum atomic E-state index is -0.112. The Labute approximate surface area is 150 Å². The first-order valence-corrected chi connectivity index (χ1v) is 8.67. The van der Waals surface area contributed by atoms with E-state index in [4.69, 9.17) is 4.74 Å². The Balaban J connectivity index is 1.33. The third-order valence-electron chi connectivity index (χ3n) is 4.55. The van der Waals surface area contributed by atoms with E-state index in [0.717, 1.165) is 17.7 Å². The van der Waals surface area contributed by atoms with Crippen LogP contribution in [0, 0.1) is 0 Å². The molecule has 4 rings (SSSR count). The maximum absolute atomic E-state index is 12.2. The van der Waals surface area contributed by atoms with E-state index >= 15 is 0 Å². The van der Waals surface area contributed by atoms with Gasteiger partial charge in [0, 0.05) is 18.2 Å². The summed E-state index contributed by atoms with van der Waals surface area (Å²) in [6.45, 7) is 0.893. The van der Waals surface area contributed by atoms with Gasteiger partial charge >= 0.3 is 0 Å². The van der Waals surface area contributed by atoms with E-state index in [0.29, 0.717) is 24.9 Å². The van der Waals surface area contributed by atoms with Crippen molar-refractivity contribution in [1.82, 2.24) is 15.1 Å². The summed E-state index contributed by atoms with van der Waals surface area (Å²) >= 11 is 0. The number of nitrogens with one attached hydrogen (secondary N) is 1. The summed E-state index contributed by atoms with van der Waals surface area (Å²) in [5.74, 6) is 0.838. The molecular formula is C20H19N3O3. The Morgan fingerprint density at radius 2 is 2.00 bits per heavy atom. The fraction of sp³-hybridized carbons (Fsp3) is 0.250. The number of hydrogen-bond donors (Lipinski definition) is 1. The zero-order chi connectivity index (χ0) is 17.9. The molecule has 1 aliphatic rings. The van der Waals surface area contributed by atoms with Gasteiger partial charge in [0.25, 0.3) is 0 Å². The van der Waals surface area contributed by atoms with Gasteiger partial charge in [0.2, 0.25) is 11.3 Å². The molecule has 26 heavy (non-hydrogen) atoms. The van der Waals surface area contributed by atoms with Crippen LogP contribution in [0.1, 0.15) is 12.0 Å². The van der Waals surface area contributed by atoms with Crippen LogP contribution in [-0.2, 0) is 17.8 Å². The molecule has 1 aromatic heterocycles. The number of rotatable bonds is 5. The molecule has 6 heteroatoms. The number of carbonyl (C=O) groups is 1. The summed E-state index contributed by atoms with van der Waals surface area (Å²) in [5, 5.41) is 7.68. The van der Waals surface area contributed by atoms with Crippen LogP contribution in [-0.4, -0.2) is 28.3 Å². The molecule has 0 bridgehead atoms. The number of fused-ring (bicyclic) bond motifs is 2. The van der Waals surface area contributed by atoms with Gasteiger partial charge in [0.05, 0.1) is 24.8 Å². The average Bonchev–Trinajstić information content (AvgIpc) is 3.09. The van der Waals surface area contributed by atoms with Crippen LogP contribution in [0.4, 0.5) is 0 Å². The van der Waals surface area contributed by atoms with Crippen molar-refractivity contribution in [3.05, 3.63) is 70.5 Å². The molecule has 0 radical (unpaired) electrons. The van der Waals surface area contributed by atoms with Crippen LogP contribution >= 0.6 is 0 Å². The summed E-state index contributed by atoms with van der Waals surface area (Å²) < 4.78 is 7.52. The molecule has 1 amide bonds. The van der Waals surface area contributed by atoms with E-state index in [9.17, 15) is 9.59 Å². The lowest BCUT2D eigenvalue weighted by molar-refractivity contribution is -0.121. The van der Waals surface area contributed by atoms with E-state index in [1.165, 1.54) is 11.8 Å². The minimum absolute atomic E-state index is 0.0253. The molecule has 0 saturated heterocycles. The van der Waals surface area contributed by atoms with Crippen LogP contribution in [0.5, 0.6) is 5.75 Å². The summed E-state index contributed by atoms with van der Waals surface area (Å²) in [6, 6.07) is 15.2. The quantitative estimate of drug-likeness (QED) is 0.764. The Hall–Kier alpha value is -3.15. The summed E-state index contributed by atoms with van der Waals surface area (Å²) in [4.78, 5) is 24.0. The van der Waals surface area contributed by atoms with Gasteiger partial charge in [-0.05, 0) is 23.8 Å². The van der Waals surface area contributed by atoms with Gasteiger partial charge in [0.1, 0.15) is 11.9 Å². The predicted octanol–water partition coefficient (Wildman–Crippen LogP) is 1.91. The number of aryl methyl sites for hydroxylation is 1. The first-order chi connectivity index (χ1) is 12.7. The van der Waals surface area contributed by atoms with Crippen molar-refractivity contribution in [1.29, 1.82) is 0 Å². The Morgan fingerprint density at radius 3 is 2.88 bits per heavy atom. The van der Waals surface area contributed by atoms with E-state index in [-0.39, 0.29) is 17.4 Å². The first-order valence-electron chi connectivity index (χ1n) is 8.67. The lowest BCUT2D eigenvalue weighted by Gasteiger charge is -2.13. The lowest BCUT2D eigenvalue weighted by Crippen LogP contribution is -2.35. The van der Waals surface area contributed by atoms with Crippen LogP contribution in [0.3, 0.4) is 0 Å². The number of ether oxygens (including phenoxy) is 1. The highest BCUT2D eigenvalue weighted by Gasteiger charge is 2.22. The topological polar surface area (TPSA) is 73.2 Å². The fourth-order valence-corrected chi connectivity index (χ4v) is 3.23. The van der Waals surface area contributed by atoms with Gasteiger partial charge in [-0.2, -0.15) is 5.10 Å². The minimum Gasteiger partial charge on any atom is -0.488 e. The van der Waals surface area contributed by atoms with Crippen molar-refractivity contribution in [2.24, 2.45) is 0 Å². The molecule has 1 atom stereocenters. The van der Waals surface area contributed by atoms with Crippen molar-refractivity contribution in [3.8, 4) is 5.75 Å². The average molecular weight is 349 g/mol. The second kappa shape index (κ2) is 7.00. The lowest BCUT2D eigenvalue weighted by atomic mass is 10.1. The van der Waals surface area contributed by atoms with Crippen molar-refractivity contribution in [3.63, 3.8) is 0 Å². The van der Waals surface area contributed by atoms with Crippen molar-refractivity contribution in [2.75, 3.05) is 6.54 Å². The summed E-state index contributed by atoms with van der Waals surface area (Å²) in [7, 11) is 0. The second-order valence-corrected chi connectivity index (χ2v) is 6.35. The molecule has 1 unspecified atom stereocenters. The number of amides is 1. The van der Waals surface area contributed by atoms with Gasteiger partial charge in [0.15, 0.2) is 0 Å². The highest BCUT2D eigenvalue weighted by Crippen LogP contribution is 2.27. The van der Waals surface area contributed by atoms with Crippen molar-refractivity contribution in [2.45, 2.75) is 25.5 Å². The van der Waals surface area contributed by atoms with Crippen molar-refractivity contribution < 1.29 is 9.53 Å². The highest BCUT2D eigenvalue weighted by molar-refractivity contribution is 5.79. The normalized spacial score (nSPS) is 15.5. The van der Waals surface area contributed by atoms with Gasteiger partial charge in [-0.15, -0.1) is 0 Å². The summed E-state index contributed by atoms with van der Waals surface area (Å²) in [5.41, 5.74) is 1.80. The smallest absolute Gasteiger partial charge is 0.221 e. The molecule has 2 heterocycles. The molecule has 1 aliphatic heterocycles. The largest absolute Gasteiger partial charge is 0.488 e. The maximum Gasteiger partial charge on any atom is 0.221 e. The van der Waals surface area contributed by atoms with E-state index in [1.54, 1.807) is 10.7 Å². The molecular weight excluding hydrogens is 330 g/mol. The number of carbonyl (C=O) groups excluding carboxylic acids is 1. The van der Waals surface area contributed by atoms with Crippen LogP contribution in [0.2, 0.25) is 0 Å². The molecule has 0 aliphatic carbocycles. The SMILES string of the molecule is O=C(CCn1ncc(=O)c2ccccc21)NCC1Cc2ccccc2O1. The Kier molecular flexibility index (Phi) is 4.39. The number of hydrogen-bond acceptors (Lipinski definition) is 4. The van der Waals surface area contributed by atoms with Crippen LogP contribution in [0.15, 0.2) is 59.5 Å².